The highest BCUT2D eigenvalue weighted by Crippen LogP contribution is 2.53. The van der Waals surface area contributed by atoms with E-state index in [0.717, 1.165) is 59.5 Å². The number of carbonyl (C=O) groups excluding carboxylic acids is 3. The highest BCUT2D eigenvalue weighted by Gasteiger charge is 2.39. The van der Waals surface area contributed by atoms with Crippen LogP contribution in [0.5, 0.6) is 0 Å². The van der Waals surface area contributed by atoms with E-state index in [1.807, 2.05) is 60.7 Å². The molecule has 8 heteroatoms. The summed E-state index contributed by atoms with van der Waals surface area (Å²) in [6.45, 7) is 0.406. The fourth-order valence-corrected chi connectivity index (χ4v) is 7.40. The van der Waals surface area contributed by atoms with E-state index in [0.29, 0.717) is 25.8 Å². The molecule has 0 saturated heterocycles. The first kappa shape index (κ1) is 29.6. The maximum absolute atomic E-state index is 13.8. The second-order valence-electron chi connectivity index (χ2n) is 11.1. The number of anilines is 1. The van der Waals surface area contributed by atoms with Gasteiger partial charge in [0.2, 0.25) is 11.8 Å². The van der Waals surface area contributed by atoms with Crippen LogP contribution in [-0.2, 0) is 14.4 Å². The number of aromatic nitrogens is 1. The lowest BCUT2D eigenvalue weighted by atomic mass is 9.70. The Morgan fingerprint density at radius 3 is 2.24 bits per heavy atom. The van der Waals surface area contributed by atoms with Crippen molar-refractivity contribution < 1.29 is 14.4 Å². The number of nitrogens with two attached hydrogens (primary N) is 1. The molecular formula is C34H38N4O3S. The van der Waals surface area contributed by atoms with E-state index in [9.17, 15) is 14.4 Å². The number of primary amides is 1. The molecular weight excluding hydrogens is 544 g/mol. The quantitative estimate of drug-likeness (QED) is 0.240. The lowest BCUT2D eigenvalue weighted by Gasteiger charge is -2.34. The zero-order valence-corrected chi connectivity index (χ0v) is 24.7. The Hall–Kier alpha value is -3.91. The molecule has 1 saturated carbocycles. The van der Waals surface area contributed by atoms with Crippen LogP contribution < -0.4 is 16.0 Å². The number of hydrogen-bond acceptors (Lipinski definition) is 6. The lowest BCUT2D eigenvalue weighted by Crippen LogP contribution is -2.40. The number of allylic oxidation sites excluding steroid dienone is 1. The standard InChI is InChI=1S/C34H38N4O3S/c35-33(41)34(19-8-3-9-20-34)21-16-29(40)37-22-10-15-28(39)31-30(25-11-4-1-5-12-25)38(27-13-6-2-7-14-27)32(42-31)26-17-23-36-24-18-26/h1-2,4-7,11-14,17-18,23-24,32H,3,8-10,15-16,19-22H2,(H2,35,41)(H,37,40). The molecule has 42 heavy (non-hydrogen) atoms. The van der Waals surface area contributed by atoms with Crippen LogP contribution in [0.15, 0.2) is 90.1 Å². The zero-order valence-electron chi connectivity index (χ0n) is 23.8. The Bertz CT molecular complexity index is 1410. The SMILES string of the molecule is NC(=O)C1(CCC(=O)NCCCC(=O)C2=C(c3ccccc3)N(c3ccccc3)C(c3ccncc3)S2)CCCCC1. The summed E-state index contributed by atoms with van der Waals surface area (Å²) in [6, 6.07) is 24.2. The maximum Gasteiger partial charge on any atom is 0.223 e. The van der Waals surface area contributed by atoms with E-state index in [1.165, 1.54) is 0 Å². The van der Waals surface area contributed by atoms with Gasteiger partial charge >= 0.3 is 0 Å². The number of benzene rings is 2. The molecule has 2 heterocycles. The van der Waals surface area contributed by atoms with Gasteiger partial charge in [-0.2, -0.15) is 0 Å². The third-order valence-electron chi connectivity index (χ3n) is 8.31. The number of nitrogens with zero attached hydrogens (tertiary/aromatic N) is 2. The fraction of sp³-hybridized carbons (Fsp3) is 0.353. The number of carbonyl (C=O) groups is 3. The summed E-state index contributed by atoms with van der Waals surface area (Å²) in [7, 11) is 0. The molecule has 1 aliphatic carbocycles. The van der Waals surface area contributed by atoms with Crippen molar-refractivity contribution in [2.24, 2.45) is 11.1 Å². The molecule has 7 nitrogen and oxygen atoms in total. The van der Waals surface area contributed by atoms with E-state index < -0.39 is 5.41 Å². The molecule has 3 aromatic rings. The molecule has 3 N–H and O–H groups in total. The summed E-state index contributed by atoms with van der Waals surface area (Å²) in [5.41, 5.74) is 9.12. The smallest absolute Gasteiger partial charge is 0.223 e. The van der Waals surface area contributed by atoms with Gasteiger partial charge in [-0.25, -0.2) is 0 Å². The van der Waals surface area contributed by atoms with Crippen LogP contribution in [0.2, 0.25) is 0 Å². The molecule has 2 aromatic carbocycles. The Morgan fingerprint density at radius 1 is 0.905 bits per heavy atom. The second-order valence-corrected chi connectivity index (χ2v) is 12.2. The van der Waals surface area contributed by atoms with E-state index >= 15 is 0 Å². The zero-order chi connectivity index (χ0) is 29.4. The van der Waals surface area contributed by atoms with E-state index in [2.05, 4.69) is 27.3 Å². The van der Waals surface area contributed by atoms with Crippen LogP contribution in [0.1, 0.15) is 74.3 Å². The topological polar surface area (TPSA) is 105 Å². The number of ketones is 1. The monoisotopic (exact) mass is 582 g/mol. The van der Waals surface area contributed by atoms with Gasteiger partial charge in [-0.05, 0) is 61.1 Å². The van der Waals surface area contributed by atoms with Gasteiger partial charge in [-0.3, -0.25) is 19.4 Å². The first-order valence-electron chi connectivity index (χ1n) is 14.8. The Balaban J connectivity index is 1.28. The molecule has 1 unspecified atom stereocenters. The van der Waals surface area contributed by atoms with Gasteiger partial charge in [0.1, 0.15) is 5.37 Å². The van der Waals surface area contributed by atoms with Gasteiger partial charge in [-0.15, -0.1) is 0 Å². The number of para-hydroxylation sites is 1. The molecule has 2 amide bonds. The third kappa shape index (κ3) is 6.76. The normalized spacial score (nSPS) is 18.1. The van der Waals surface area contributed by atoms with Crippen molar-refractivity contribution in [3.05, 3.63) is 101 Å². The van der Waals surface area contributed by atoms with Crippen molar-refractivity contribution >= 4 is 40.7 Å². The summed E-state index contributed by atoms with van der Waals surface area (Å²) in [5.74, 6) is -0.326. The summed E-state index contributed by atoms with van der Waals surface area (Å²) in [5, 5.41) is 2.83. The summed E-state index contributed by atoms with van der Waals surface area (Å²) in [6.07, 6.45) is 9.78. The van der Waals surface area contributed by atoms with Crippen LogP contribution in [0.4, 0.5) is 5.69 Å². The average Bonchev–Trinajstić information content (AvgIpc) is 3.45. The summed E-state index contributed by atoms with van der Waals surface area (Å²) >= 11 is 1.57. The van der Waals surface area contributed by atoms with Crippen molar-refractivity contribution in [3.63, 3.8) is 0 Å². The third-order valence-corrected chi connectivity index (χ3v) is 9.68. The first-order chi connectivity index (χ1) is 20.5. The maximum atomic E-state index is 13.8. The van der Waals surface area contributed by atoms with Crippen molar-refractivity contribution in [1.82, 2.24) is 10.3 Å². The minimum atomic E-state index is -0.554. The second kappa shape index (κ2) is 13.8. The molecule has 1 atom stereocenters. The van der Waals surface area contributed by atoms with Crippen LogP contribution >= 0.6 is 11.8 Å². The minimum absolute atomic E-state index is 0.0560. The molecule has 5 rings (SSSR count). The Morgan fingerprint density at radius 2 is 1.57 bits per heavy atom. The predicted octanol–water partition coefficient (Wildman–Crippen LogP) is 6.38. The minimum Gasteiger partial charge on any atom is -0.369 e. The van der Waals surface area contributed by atoms with E-state index in [4.69, 9.17) is 5.73 Å². The highest BCUT2D eigenvalue weighted by molar-refractivity contribution is 8.04. The Labute approximate surface area is 252 Å². The summed E-state index contributed by atoms with van der Waals surface area (Å²) in [4.78, 5) is 45.7. The van der Waals surface area contributed by atoms with Gasteiger partial charge in [0, 0.05) is 42.9 Å². The van der Waals surface area contributed by atoms with E-state index in [-0.39, 0.29) is 29.4 Å². The predicted molar refractivity (Wildman–Crippen MR) is 168 cm³/mol. The van der Waals surface area contributed by atoms with Crippen molar-refractivity contribution in [3.8, 4) is 0 Å². The lowest BCUT2D eigenvalue weighted by molar-refractivity contribution is -0.131. The van der Waals surface area contributed by atoms with Crippen LogP contribution in [0.3, 0.4) is 0 Å². The Kier molecular flexibility index (Phi) is 9.74. The van der Waals surface area contributed by atoms with Crippen molar-refractivity contribution in [2.45, 2.75) is 63.2 Å². The molecule has 1 aromatic heterocycles. The summed E-state index contributed by atoms with van der Waals surface area (Å²) < 4.78 is 0. The molecule has 0 spiro atoms. The van der Waals surface area contributed by atoms with Gasteiger partial charge in [0.05, 0.1) is 10.6 Å². The number of hydrogen-bond donors (Lipinski definition) is 2. The van der Waals surface area contributed by atoms with Crippen LogP contribution in [0.25, 0.3) is 5.70 Å². The van der Waals surface area contributed by atoms with Gasteiger partial charge in [-0.1, -0.05) is 79.6 Å². The van der Waals surface area contributed by atoms with Crippen molar-refractivity contribution in [2.75, 3.05) is 11.4 Å². The largest absolute Gasteiger partial charge is 0.369 e. The number of nitrogens with one attached hydrogen (secondary N) is 1. The number of rotatable bonds is 12. The average molecular weight is 583 g/mol. The van der Waals surface area contributed by atoms with Gasteiger partial charge in [0.25, 0.3) is 0 Å². The van der Waals surface area contributed by atoms with E-state index in [1.54, 1.807) is 24.2 Å². The highest BCUT2D eigenvalue weighted by atomic mass is 32.2. The molecule has 1 fully saturated rings. The number of thioether (sulfide) groups is 1. The van der Waals surface area contributed by atoms with Crippen molar-refractivity contribution in [1.29, 1.82) is 0 Å². The van der Waals surface area contributed by atoms with Crippen LogP contribution in [0, 0.1) is 5.41 Å². The van der Waals surface area contributed by atoms with Crippen LogP contribution in [-0.4, -0.2) is 29.1 Å². The molecule has 0 bridgehead atoms. The molecule has 2 aliphatic rings. The number of pyridine rings is 1. The number of amides is 2. The molecule has 1 aliphatic heterocycles. The molecule has 218 valence electrons. The molecule has 0 radical (unpaired) electrons. The van der Waals surface area contributed by atoms with Gasteiger partial charge < -0.3 is 16.0 Å². The van der Waals surface area contributed by atoms with Gasteiger partial charge in [0.15, 0.2) is 5.78 Å². The first-order valence-corrected chi connectivity index (χ1v) is 15.7. The number of Topliss-reactive ketones (excluding diaryl/α,β-unsaturated/α-hetero) is 1. The fourth-order valence-electron chi connectivity index (χ4n) is 5.99.